The van der Waals surface area contributed by atoms with Crippen molar-refractivity contribution in [3.8, 4) is 0 Å². The normalized spacial score (nSPS) is 21.4. The topological polar surface area (TPSA) is 53.4 Å². The molecule has 0 bridgehead atoms. The summed E-state index contributed by atoms with van der Waals surface area (Å²) in [5.74, 6) is -0.741. The van der Waals surface area contributed by atoms with Gasteiger partial charge < -0.3 is 5.11 Å². The third-order valence-electron chi connectivity index (χ3n) is 3.13. The van der Waals surface area contributed by atoms with Gasteiger partial charge in [0.25, 0.3) is 0 Å². The zero-order valence-electron chi connectivity index (χ0n) is 9.47. The summed E-state index contributed by atoms with van der Waals surface area (Å²) in [6.07, 6.45) is 6.03. The van der Waals surface area contributed by atoms with Gasteiger partial charge in [-0.3, -0.25) is 14.7 Å². The molecular formula is C12H15ClN2O2. The largest absolute Gasteiger partial charge is 0.480 e. The molecule has 5 heteroatoms. The smallest absolute Gasteiger partial charge is 0.320 e. The fraction of sp³-hybridized carbons (Fsp3) is 0.500. The van der Waals surface area contributed by atoms with Crippen LogP contribution >= 0.6 is 11.6 Å². The number of aliphatic carboxylic acids is 1. The molecule has 1 N–H and O–H groups in total. The summed E-state index contributed by atoms with van der Waals surface area (Å²) >= 11 is 6.03. The van der Waals surface area contributed by atoms with Crippen LogP contribution in [0.25, 0.3) is 0 Å². The van der Waals surface area contributed by atoms with Crippen LogP contribution in [-0.4, -0.2) is 33.5 Å². The van der Waals surface area contributed by atoms with Gasteiger partial charge in [-0.15, -0.1) is 0 Å². The van der Waals surface area contributed by atoms with Gasteiger partial charge in [-0.05, 0) is 31.0 Å². The van der Waals surface area contributed by atoms with E-state index in [1.165, 1.54) is 0 Å². The molecule has 17 heavy (non-hydrogen) atoms. The molecule has 2 rings (SSSR count). The summed E-state index contributed by atoms with van der Waals surface area (Å²) in [7, 11) is 0. The molecule has 92 valence electrons. The highest BCUT2D eigenvalue weighted by atomic mass is 35.5. The number of nitrogens with zero attached hydrogens (tertiary/aromatic N) is 2. The number of hydrogen-bond acceptors (Lipinski definition) is 3. The quantitative estimate of drug-likeness (QED) is 0.898. The van der Waals surface area contributed by atoms with Crippen LogP contribution in [0.4, 0.5) is 0 Å². The van der Waals surface area contributed by atoms with Gasteiger partial charge in [0.05, 0.1) is 5.02 Å². The first-order valence-corrected chi connectivity index (χ1v) is 6.11. The van der Waals surface area contributed by atoms with Crippen molar-refractivity contribution >= 4 is 17.6 Å². The Morgan fingerprint density at radius 3 is 3.12 bits per heavy atom. The number of carboxylic acids is 1. The Bertz CT molecular complexity index is 411. The predicted molar refractivity (Wildman–Crippen MR) is 64.9 cm³/mol. The lowest BCUT2D eigenvalue weighted by Gasteiger charge is -2.32. The van der Waals surface area contributed by atoms with Crippen LogP contribution in [0.5, 0.6) is 0 Å². The Labute approximate surface area is 105 Å². The maximum Gasteiger partial charge on any atom is 0.320 e. The van der Waals surface area contributed by atoms with Crippen LogP contribution in [0.3, 0.4) is 0 Å². The van der Waals surface area contributed by atoms with Crippen molar-refractivity contribution in [2.45, 2.75) is 31.8 Å². The lowest BCUT2D eigenvalue weighted by molar-refractivity contribution is -0.144. The average Bonchev–Trinajstić information content (AvgIpc) is 2.32. The van der Waals surface area contributed by atoms with Crippen LogP contribution in [0.15, 0.2) is 18.5 Å². The van der Waals surface area contributed by atoms with Crippen LogP contribution in [0.2, 0.25) is 5.02 Å². The number of pyridine rings is 1. The van der Waals surface area contributed by atoms with Crippen LogP contribution in [0.1, 0.15) is 24.8 Å². The van der Waals surface area contributed by atoms with Gasteiger partial charge >= 0.3 is 5.97 Å². The molecule has 0 spiro atoms. The molecule has 1 fully saturated rings. The Morgan fingerprint density at radius 2 is 2.41 bits per heavy atom. The molecule has 1 aromatic rings. The van der Waals surface area contributed by atoms with E-state index in [0.717, 1.165) is 31.4 Å². The second kappa shape index (κ2) is 5.47. The molecule has 0 saturated carbocycles. The van der Waals surface area contributed by atoms with Crippen molar-refractivity contribution in [2.24, 2.45) is 0 Å². The summed E-state index contributed by atoms with van der Waals surface area (Å²) < 4.78 is 0. The Kier molecular flexibility index (Phi) is 3.97. The van der Waals surface area contributed by atoms with Gasteiger partial charge in [0.15, 0.2) is 0 Å². The van der Waals surface area contributed by atoms with E-state index >= 15 is 0 Å². The first-order chi connectivity index (χ1) is 8.18. The van der Waals surface area contributed by atoms with Gasteiger partial charge in [0, 0.05) is 18.9 Å². The van der Waals surface area contributed by atoms with E-state index in [2.05, 4.69) is 4.98 Å². The highest BCUT2D eigenvalue weighted by Crippen LogP contribution is 2.22. The summed E-state index contributed by atoms with van der Waals surface area (Å²) in [6.45, 7) is 1.40. The molecule has 4 nitrogen and oxygen atoms in total. The number of rotatable bonds is 3. The molecule has 0 radical (unpaired) electrons. The van der Waals surface area contributed by atoms with Crippen molar-refractivity contribution in [1.82, 2.24) is 9.88 Å². The van der Waals surface area contributed by atoms with E-state index in [0.29, 0.717) is 11.6 Å². The Morgan fingerprint density at radius 1 is 1.59 bits per heavy atom. The van der Waals surface area contributed by atoms with E-state index in [4.69, 9.17) is 16.7 Å². The summed E-state index contributed by atoms with van der Waals surface area (Å²) in [4.78, 5) is 17.1. The monoisotopic (exact) mass is 254 g/mol. The number of carboxylic acid groups (broad SMARTS) is 1. The minimum Gasteiger partial charge on any atom is -0.480 e. The molecule has 0 aliphatic carbocycles. The van der Waals surface area contributed by atoms with Gasteiger partial charge in [0.2, 0.25) is 0 Å². The number of aromatic nitrogens is 1. The highest BCUT2D eigenvalue weighted by molar-refractivity contribution is 6.31. The van der Waals surface area contributed by atoms with Gasteiger partial charge in [-0.25, -0.2) is 0 Å². The van der Waals surface area contributed by atoms with Crippen LogP contribution < -0.4 is 0 Å². The number of carbonyl (C=O) groups is 1. The fourth-order valence-corrected chi connectivity index (χ4v) is 2.39. The summed E-state index contributed by atoms with van der Waals surface area (Å²) in [6, 6.07) is 1.46. The molecule has 2 heterocycles. The maximum absolute atomic E-state index is 11.2. The molecule has 1 aromatic heterocycles. The van der Waals surface area contributed by atoms with Crippen molar-refractivity contribution in [1.29, 1.82) is 0 Å². The molecule has 0 aromatic carbocycles. The highest BCUT2D eigenvalue weighted by Gasteiger charge is 2.28. The van der Waals surface area contributed by atoms with Crippen LogP contribution in [0, 0.1) is 0 Å². The maximum atomic E-state index is 11.2. The number of likely N-dealkylation sites (tertiary alicyclic amines) is 1. The van der Waals surface area contributed by atoms with E-state index in [9.17, 15) is 4.79 Å². The molecule has 1 aliphatic rings. The SMILES string of the molecule is O=C(O)C1CCCCN1Cc1ccncc1Cl. The van der Waals surface area contributed by atoms with E-state index in [1.54, 1.807) is 12.4 Å². The summed E-state index contributed by atoms with van der Waals surface area (Å²) in [5.41, 5.74) is 0.940. The lowest BCUT2D eigenvalue weighted by Crippen LogP contribution is -2.44. The van der Waals surface area contributed by atoms with Gasteiger partial charge in [-0.2, -0.15) is 0 Å². The van der Waals surface area contributed by atoms with Gasteiger partial charge in [0.1, 0.15) is 6.04 Å². The first kappa shape index (κ1) is 12.3. The summed E-state index contributed by atoms with van der Waals surface area (Å²) in [5, 5.41) is 9.77. The molecule has 0 amide bonds. The van der Waals surface area contributed by atoms with Crippen molar-refractivity contribution in [3.63, 3.8) is 0 Å². The average molecular weight is 255 g/mol. The molecular weight excluding hydrogens is 240 g/mol. The Hall–Kier alpha value is -1.13. The second-order valence-electron chi connectivity index (χ2n) is 4.29. The minimum atomic E-state index is -0.741. The molecule has 1 saturated heterocycles. The number of hydrogen-bond donors (Lipinski definition) is 1. The predicted octanol–water partition coefficient (Wildman–Crippen LogP) is 2.17. The third kappa shape index (κ3) is 2.96. The standard InChI is InChI=1S/C12H15ClN2O2/c13-10-7-14-5-4-9(10)8-15-6-2-1-3-11(15)12(16)17/h4-5,7,11H,1-3,6,8H2,(H,16,17). The van der Waals surface area contributed by atoms with E-state index in [1.807, 2.05) is 11.0 Å². The minimum absolute atomic E-state index is 0.381. The van der Waals surface area contributed by atoms with Crippen LogP contribution in [-0.2, 0) is 11.3 Å². The zero-order valence-corrected chi connectivity index (χ0v) is 10.2. The first-order valence-electron chi connectivity index (χ1n) is 5.73. The van der Waals surface area contributed by atoms with E-state index in [-0.39, 0.29) is 6.04 Å². The fourth-order valence-electron chi connectivity index (χ4n) is 2.21. The number of halogens is 1. The van der Waals surface area contributed by atoms with Crippen molar-refractivity contribution < 1.29 is 9.90 Å². The second-order valence-corrected chi connectivity index (χ2v) is 4.69. The van der Waals surface area contributed by atoms with Gasteiger partial charge in [-0.1, -0.05) is 18.0 Å². The van der Waals surface area contributed by atoms with Crippen molar-refractivity contribution in [2.75, 3.05) is 6.54 Å². The van der Waals surface area contributed by atoms with Crippen molar-refractivity contribution in [3.05, 3.63) is 29.0 Å². The zero-order chi connectivity index (χ0) is 12.3. The molecule has 1 unspecified atom stereocenters. The molecule has 1 aliphatic heterocycles. The lowest BCUT2D eigenvalue weighted by atomic mass is 10.0. The third-order valence-corrected chi connectivity index (χ3v) is 3.47. The van der Waals surface area contributed by atoms with E-state index < -0.39 is 5.97 Å². The Balaban J connectivity index is 2.11. The molecule has 1 atom stereocenters. The number of piperidine rings is 1.